The summed E-state index contributed by atoms with van der Waals surface area (Å²) in [7, 11) is -3.55. The zero-order chi connectivity index (χ0) is 22.0. The quantitative estimate of drug-likeness (QED) is 0.494. The molecule has 2 aromatic carbocycles. The van der Waals surface area contributed by atoms with Crippen molar-refractivity contribution in [3.8, 4) is 0 Å². The predicted octanol–water partition coefficient (Wildman–Crippen LogP) is 4.63. The molecular weight excluding hydrogens is 456 g/mol. The maximum absolute atomic E-state index is 13.2. The second-order valence-electron chi connectivity index (χ2n) is 7.54. The van der Waals surface area contributed by atoms with E-state index in [1.54, 1.807) is 35.2 Å². The van der Waals surface area contributed by atoms with Crippen LogP contribution in [0, 0.1) is 6.92 Å². The van der Waals surface area contributed by atoms with E-state index in [4.69, 9.17) is 16.3 Å². The molecule has 0 radical (unpaired) electrons. The van der Waals surface area contributed by atoms with Gasteiger partial charge in [0.25, 0.3) is 0 Å². The van der Waals surface area contributed by atoms with Crippen LogP contribution in [0.5, 0.6) is 0 Å². The normalized spacial score (nSPS) is 16.6. The number of anilines is 1. The van der Waals surface area contributed by atoms with E-state index in [2.05, 4.69) is 4.98 Å². The Hall–Kier alpha value is -2.00. The van der Waals surface area contributed by atoms with Crippen LogP contribution in [0.2, 0.25) is 5.02 Å². The molecule has 1 unspecified atom stereocenters. The predicted molar refractivity (Wildman–Crippen MR) is 124 cm³/mol. The first-order valence-electron chi connectivity index (χ1n) is 10.1. The molecule has 0 aliphatic carbocycles. The Morgan fingerprint density at radius 2 is 2.03 bits per heavy atom. The number of fused-ring (bicyclic) bond motifs is 1. The second-order valence-corrected chi connectivity index (χ2v) is 11.1. The lowest BCUT2D eigenvalue weighted by Crippen LogP contribution is -2.38. The van der Waals surface area contributed by atoms with E-state index in [1.165, 1.54) is 11.3 Å². The van der Waals surface area contributed by atoms with E-state index < -0.39 is 9.84 Å². The minimum absolute atomic E-state index is 0.0774. The molecule has 4 rings (SSSR count). The van der Waals surface area contributed by atoms with Crippen molar-refractivity contribution in [2.75, 3.05) is 23.8 Å². The number of halogens is 1. The highest BCUT2D eigenvalue weighted by Crippen LogP contribution is 2.34. The number of ether oxygens (including phenoxy) is 1. The number of aromatic nitrogens is 1. The highest BCUT2D eigenvalue weighted by atomic mass is 35.5. The topological polar surface area (TPSA) is 76.6 Å². The summed E-state index contributed by atoms with van der Waals surface area (Å²) in [5.41, 5.74) is 1.62. The largest absolute Gasteiger partial charge is 0.376 e. The van der Waals surface area contributed by atoms with Crippen molar-refractivity contribution in [3.05, 3.63) is 53.1 Å². The van der Waals surface area contributed by atoms with E-state index in [1.807, 2.05) is 19.1 Å². The highest BCUT2D eigenvalue weighted by Gasteiger charge is 2.28. The number of carbonyl (C=O) groups is 1. The fraction of sp³-hybridized carbons (Fsp3) is 0.364. The highest BCUT2D eigenvalue weighted by molar-refractivity contribution is 7.91. The molecule has 1 amide bonds. The van der Waals surface area contributed by atoms with Gasteiger partial charge in [-0.15, -0.1) is 0 Å². The Kier molecular flexibility index (Phi) is 6.62. The molecule has 3 aromatic rings. The molecule has 164 valence electrons. The van der Waals surface area contributed by atoms with Crippen molar-refractivity contribution < 1.29 is 17.9 Å². The van der Waals surface area contributed by atoms with Crippen LogP contribution >= 0.6 is 22.9 Å². The van der Waals surface area contributed by atoms with Crippen LogP contribution in [0.4, 0.5) is 5.13 Å². The van der Waals surface area contributed by atoms with E-state index in [9.17, 15) is 13.2 Å². The number of amides is 1. The molecule has 31 heavy (non-hydrogen) atoms. The molecule has 1 atom stereocenters. The first kappa shape index (κ1) is 22.2. The van der Waals surface area contributed by atoms with Gasteiger partial charge in [-0.1, -0.05) is 41.1 Å². The van der Waals surface area contributed by atoms with Gasteiger partial charge in [-0.3, -0.25) is 9.69 Å². The third-order valence-corrected chi connectivity index (χ3v) is 8.55. The minimum atomic E-state index is -3.55. The summed E-state index contributed by atoms with van der Waals surface area (Å²) in [4.78, 5) is 19.7. The lowest BCUT2D eigenvalue weighted by atomic mass is 10.2. The lowest BCUT2D eigenvalue weighted by molar-refractivity contribution is -0.118. The molecule has 0 N–H and O–H groups in total. The molecule has 0 bridgehead atoms. The zero-order valence-electron chi connectivity index (χ0n) is 17.1. The van der Waals surface area contributed by atoms with Crippen LogP contribution in [-0.4, -0.2) is 44.3 Å². The molecule has 0 saturated carbocycles. The number of rotatable bonds is 7. The SMILES string of the molecule is Cc1c(Cl)ccc2sc(N(CC3CCCO3)C(=O)CCS(=O)(=O)c3ccccc3)nc12. The van der Waals surface area contributed by atoms with Crippen molar-refractivity contribution in [2.45, 2.75) is 37.2 Å². The van der Waals surface area contributed by atoms with E-state index in [0.29, 0.717) is 23.3 Å². The molecule has 9 heteroatoms. The molecule has 1 aliphatic rings. The van der Waals surface area contributed by atoms with Gasteiger partial charge in [-0.05, 0) is 49.6 Å². The Morgan fingerprint density at radius 3 is 2.74 bits per heavy atom. The Bertz CT molecular complexity index is 1190. The van der Waals surface area contributed by atoms with Gasteiger partial charge in [0.05, 0.1) is 33.5 Å². The molecular formula is C22H23ClN2O4S2. The molecule has 2 heterocycles. The van der Waals surface area contributed by atoms with Crippen LogP contribution < -0.4 is 4.90 Å². The van der Waals surface area contributed by atoms with Crippen LogP contribution in [0.3, 0.4) is 0 Å². The number of thiazole rings is 1. The maximum Gasteiger partial charge on any atom is 0.229 e. The van der Waals surface area contributed by atoms with Gasteiger partial charge >= 0.3 is 0 Å². The van der Waals surface area contributed by atoms with Crippen LogP contribution in [0.15, 0.2) is 47.4 Å². The molecule has 0 spiro atoms. The summed E-state index contributed by atoms with van der Waals surface area (Å²) in [6.45, 7) is 2.92. The number of hydrogen-bond donors (Lipinski definition) is 0. The molecule has 1 saturated heterocycles. The number of aryl methyl sites for hydroxylation is 1. The number of benzene rings is 2. The molecule has 1 aromatic heterocycles. The third-order valence-electron chi connectivity index (χ3n) is 5.37. The van der Waals surface area contributed by atoms with Gasteiger partial charge in [-0.2, -0.15) is 0 Å². The van der Waals surface area contributed by atoms with Crippen LogP contribution in [-0.2, 0) is 19.4 Å². The van der Waals surface area contributed by atoms with Gasteiger partial charge in [-0.25, -0.2) is 13.4 Å². The zero-order valence-corrected chi connectivity index (χ0v) is 19.5. The summed E-state index contributed by atoms with van der Waals surface area (Å²) in [5, 5.41) is 1.16. The van der Waals surface area contributed by atoms with Crippen molar-refractivity contribution in [1.29, 1.82) is 0 Å². The van der Waals surface area contributed by atoms with Gasteiger partial charge in [0.15, 0.2) is 15.0 Å². The summed E-state index contributed by atoms with van der Waals surface area (Å²) in [6, 6.07) is 11.9. The number of carbonyl (C=O) groups excluding carboxylic acids is 1. The van der Waals surface area contributed by atoms with Crippen LogP contribution in [0.25, 0.3) is 10.2 Å². The number of sulfone groups is 1. The lowest BCUT2D eigenvalue weighted by Gasteiger charge is -2.23. The fourth-order valence-electron chi connectivity index (χ4n) is 3.59. The van der Waals surface area contributed by atoms with Crippen molar-refractivity contribution in [1.82, 2.24) is 4.98 Å². The first-order chi connectivity index (χ1) is 14.8. The first-order valence-corrected chi connectivity index (χ1v) is 13.0. The van der Waals surface area contributed by atoms with Crippen molar-refractivity contribution >= 4 is 54.0 Å². The van der Waals surface area contributed by atoms with Gasteiger partial charge in [0, 0.05) is 18.1 Å². The average Bonchev–Trinajstić information content (AvgIpc) is 3.44. The molecule has 6 nitrogen and oxygen atoms in total. The Balaban J connectivity index is 1.59. The monoisotopic (exact) mass is 478 g/mol. The summed E-state index contributed by atoms with van der Waals surface area (Å²) in [6.07, 6.45) is 1.61. The van der Waals surface area contributed by atoms with Gasteiger partial charge in [0.2, 0.25) is 5.91 Å². The Labute approximate surface area is 190 Å². The number of hydrogen-bond acceptors (Lipinski definition) is 6. The standard InChI is InChI=1S/C22H23ClN2O4S2/c1-15-18(23)9-10-19-21(15)24-22(30-19)25(14-16-6-5-12-29-16)20(26)11-13-31(27,28)17-7-3-2-4-8-17/h2-4,7-10,16H,5-6,11-14H2,1H3. The van der Waals surface area contributed by atoms with Crippen molar-refractivity contribution in [2.24, 2.45) is 0 Å². The third kappa shape index (κ3) is 4.92. The molecule has 1 fully saturated rings. The van der Waals surface area contributed by atoms with E-state index >= 15 is 0 Å². The smallest absolute Gasteiger partial charge is 0.229 e. The summed E-state index contributed by atoms with van der Waals surface area (Å²) in [5.74, 6) is -0.536. The maximum atomic E-state index is 13.2. The van der Waals surface area contributed by atoms with E-state index in [0.717, 1.165) is 28.6 Å². The summed E-state index contributed by atoms with van der Waals surface area (Å²) >= 11 is 7.63. The van der Waals surface area contributed by atoms with Crippen molar-refractivity contribution in [3.63, 3.8) is 0 Å². The van der Waals surface area contributed by atoms with Gasteiger partial charge < -0.3 is 4.74 Å². The molecule has 1 aliphatic heterocycles. The van der Waals surface area contributed by atoms with Gasteiger partial charge in [0.1, 0.15) is 0 Å². The minimum Gasteiger partial charge on any atom is -0.376 e. The fourth-order valence-corrected chi connectivity index (χ4v) is 6.04. The second kappa shape index (κ2) is 9.24. The van der Waals surface area contributed by atoms with E-state index in [-0.39, 0.29) is 29.1 Å². The Morgan fingerprint density at radius 1 is 1.26 bits per heavy atom. The number of nitrogens with zero attached hydrogens (tertiary/aromatic N) is 2. The summed E-state index contributed by atoms with van der Waals surface area (Å²) < 4.78 is 31.9. The average molecular weight is 479 g/mol. The van der Waals surface area contributed by atoms with Crippen LogP contribution in [0.1, 0.15) is 24.8 Å².